The van der Waals surface area contributed by atoms with Crippen molar-refractivity contribution < 1.29 is 4.42 Å². The van der Waals surface area contributed by atoms with Crippen LogP contribution in [0.5, 0.6) is 0 Å². The molecule has 3 aromatic rings. The third-order valence-corrected chi connectivity index (χ3v) is 3.92. The van der Waals surface area contributed by atoms with Crippen LogP contribution < -0.4 is 5.43 Å². The van der Waals surface area contributed by atoms with Crippen LogP contribution in [-0.2, 0) is 5.33 Å². The van der Waals surface area contributed by atoms with Crippen LogP contribution in [0.3, 0.4) is 0 Å². The zero-order valence-electron chi connectivity index (χ0n) is 11.0. The quantitative estimate of drug-likeness (QED) is 0.640. The van der Waals surface area contributed by atoms with Gasteiger partial charge in [-0.05, 0) is 13.0 Å². The van der Waals surface area contributed by atoms with E-state index in [9.17, 15) is 4.79 Å². The van der Waals surface area contributed by atoms with Gasteiger partial charge in [0.05, 0.1) is 5.39 Å². The molecular formula is C17H13BrO2. The number of benzene rings is 2. The Bertz CT molecular complexity index is 817. The van der Waals surface area contributed by atoms with Crippen LogP contribution in [0.15, 0.2) is 57.7 Å². The zero-order chi connectivity index (χ0) is 14.1. The highest BCUT2D eigenvalue weighted by atomic mass is 79.9. The minimum atomic E-state index is -0.00961. The van der Waals surface area contributed by atoms with E-state index in [1.165, 1.54) is 5.56 Å². The maximum atomic E-state index is 12.2. The summed E-state index contributed by atoms with van der Waals surface area (Å²) in [6.45, 7) is 2.03. The van der Waals surface area contributed by atoms with E-state index in [-0.39, 0.29) is 5.43 Å². The third-order valence-electron chi connectivity index (χ3n) is 3.32. The predicted molar refractivity (Wildman–Crippen MR) is 85.3 cm³/mol. The molecule has 0 amide bonds. The number of halogens is 1. The molecular weight excluding hydrogens is 316 g/mol. The van der Waals surface area contributed by atoms with Gasteiger partial charge in [0.1, 0.15) is 11.3 Å². The Morgan fingerprint density at radius 3 is 2.55 bits per heavy atom. The van der Waals surface area contributed by atoms with Gasteiger partial charge in [0.2, 0.25) is 0 Å². The molecule has 0 fully saturated rings. The van der Waals surface area contributed by atoms with E-state index >= 15 is 0 Å². The van der Waals surface area contributed by atoms with Gasteiger partial charge in [-0.25, -0.2) is 0 Å². The number of para-hydroxylation sites is 1. The second-order valence-electron chi connectivity index (χ2n) is 4.77. The molecule has 2 aromatic carbocycles. The van der Waals surface area contributed by atoms with Crippen LogP contribution >= 0.6 is 15.9 Å². The van der Waals surface area contributed by atoms with Crippen molar-refractivity contribution in [3.8, 4) is 11.3 Å². The Balaban J connectivity index is 2.28. The molecule has 0 N–H and O–H groups in total. The van der Waals surface area contributed by atoms with Gasteiger partial charge >= 0.3 is 0 Å². The summed E-state index contributed by atoms with van der Waals surface area (Å²) in [7, 11) is 0. The minimum Gasteiger partial charge on any atom is -0.455 e. The van der Waals surface area contributed by atoms with Gasteiger partial charge in [0.15, 0.2) is 5.43 Å². The Morgan fingerprint density at radius 2 is 1.85 bits per heavy atom. The molecule has 1 aromatic heterocycles. The fraction of sp³-hybridized carbons (Fsp3) is 0.118. The van der Waals surface area contributed by atoms with E-state index < -0.39 is 0 Å². The molecule has 0 radical (unpaired) electrons. The van der Waals surface area contributed by atoms with Gasteiger partial charge < -0.3 is 4.42 Å². The zero-order valence-corrected chi connectivity index (χ0v) is 12.6. The lowest BCUT2D eigenvalue weighted by Crippen LogP contribution is -2.01. The van der Waals surface area contributed by atoms with Crippen molar-refractivity contribution in [2.45, 2.75) is 12.3 Å². The van der Waals surface area contributed by atoms with Crippen LogP contribution in [0.2, 0.25) is 0 Å². The molecule has 100 valence electrons. The average molecular weight is 329 g/mol. The molecule has 3 heteroatoms. The van der Waals surface area contributed by atoms with Gasteiger partial charge in [-0.15, -0.1) is 0 Å². The van der Waals surface area contributed by atoms with Gasteiger partial charge in [-0.2, -0.15) is 0 Å². The van der Waals surface area contributed by atoms with Crippen LogP contribution in [0.4, 0.5) is 0 Å². The van der Waals surface area contributed by atoms with Gasteiger partial charge in [0, 0.05) is 22.5 Å². The van der Waals surface area contributed by atoms with E-state index in [1.54, 1.807) is 12.1 Å². The summed E-state index contributed by atoms with van der Waals surface area (Å²) in [6.07, 6.45) is 0. The molecule has 0 saturated heterocycles. The third kappa shape index (κ3) is 2.29. The van der Waals surface area contributed by atoms with Crippen LogP contribution in [0.1, 0.15) is 11.1 Å². The molecule has 0 saturated carbocycles. The molecule has 0 aliphatic rings. The molecule has 2 nitrogen and oxygen atoms in total. The maximum Gasteiger partial charge on any atom is 0.193 e. The normalized spacial score (nSPS) is 10.9. The Morgan fingerprint density at radius 1 is 1.10 bits per heavy atom. The first-order chi connectivity index (χ1) is 9.69. The highest BCUT2D eigenvalue weighted by Crippen LogP contribution is 2.25. The smallest absolute Gasteiger partial charge is 0.193 e. The summed E-state index contributed by atoms with van der Waals surface area (Å²) >= 11 is 3.43. The second kappa shape index (κ2) is 5.25. The fourth-order valence-corrected chi connectivity index (χ4v) is 2.64. The molecule has 0 aliphatic heterocycles. The summed E-state index contributed by atoms with van der Waals surface area (Å²) in [6, 6.07) is 15.1. The molecule has 0 spiro atoms. The van der Waals surface area contributed by atoms with Gasteiger partial charge in [0.25, 0.3) is 0 Å². The van der Waals surface area contributed by atoms with Crippen molar-refractivity contribution in [2.75, 3.05) is 0 Å². The maximum absolute atomic E-state index is 12.2. The molecule has 0 bridgehead atoms. The van der Waals surface area contributed by atoms with Crippen molar-refractivity contribution in [2.24, 2.45) is 0 Å². The number of rotatable bonds is 2. The number of hydrogen-bond donors (Lipinski definition) is 0. The summed E-state index contributed by atoms with van der Waals surface area (Å²) in [5.74, 6) is 0.607. The van der Waals surface area contributed by atoms with Crippen LogP contribution in [-0.4, -0.2) is 0 Å². The SMILES string of the molecule is Cc1ccc(-c2cc(=O)c3cccc(CBr)c3o2)cc1. The first-order valence-corrected chi connectivity index (χ1v) is 7.50. The van der Waals surface area contributed by atoms with Crippen molar-refractivity contribution in [1.29, 1.82) is 0 Å². The highest BCUT2D eigenvalue weighted by molar-refractivity contribution is 9.08. The summed E-state index contributed by atoms with van der Waals surface area (Å²) < 4.78 is 5.96. The summed E-state index contributed by atoms with van der Waals surface area (Å²) in [4.78, 5) is 12.2. The second-order valence-corrected chi connectivity index (χ2v) is 5.33. The minimum absolute atomic E-state index is 0.00961. The first-order valence-electron chi connectivity index (χ1n) is 6.38. The molecule has 0 aliphatic carbocycles. The topological polar surface area (TPSA) is 30.2 Å². The number of aryl methyl sites for hydroxylation is 1. The van der Waals surface area contributed by atoms with E-state index in [0.29, 0.717) is 22.1 Å². The van der Waals surface area contributed by atoms with Crippen molar-refractivity contribution in [3.05, 3.63) is 69.9 Å². The highest BCUT2D eigenvalue weighted by Gasteiger charge is 2.09. The average Bonchev–Trinajstić information content (AvgIpc) is 2.47. The van der Waals surface area contributed by atoms with Crippen LogP contribution in [0.25, 0.3) is 22.3 Å². The molecule has 0 unspecified atom stereocenters. The Hall–Kier alpha value is -1.87. The van der Waals surface area contributed by atoms with Gasteiger partial charge in [-0.3, -0.25) is 4.79 Å². The predicted octanol–water partition coefficient (Wildman–Crippen LogP) is 4.66. The number of hydrogen-bond acceptors (Lipinski definition) is 2. The van der Waals surface area contributed by atoms with E-state index in [0.717, 1.165) is 11.1 Å². The lowest BCUT2D eigenvalue weighted by Gasteiger charge is -2.06. The lowest BCUT2D eigenvalue weighted by atomic mass is 10.1. The monoisotopic (exact) mass is 328 g/mol. The lowest BCUT2D eigenvalue weighted by molar-refractivity contribution is 0.616. The number of alkyl halides is 1. The van der Waals surface area contributed by atoms with Gasteiger partial charge in [-0.1, -0.05) is 57.9 Å². The standard InChI is InChI=1S/C17H13BrO2/c1-11-5-7-12(8-6-11)16-9-15(19)14-4-2-3-13(10-18)17(14)20-16/h2-9H,10H2,1H3. The van der Waals surface area contributed by atoms with E-state index in [2.05, 4.69) is 15.9 Å². The molecule has 1 heterocycles. The van der Waals surface area contributed by atoms with E-state index in [4.69, 9.17) is 4.42 Å². The van der Waals surface area contributed by atoms with E-state index in [1.807, 2.05) is 43.3 Å². The Kier molecular flexibility index (Phi) is 3.45. The molecule has 0 atom stereocenters. The van der Waals surface area contributed by atoms with Crippen molar-refractivity contribution >= 4 is 26.9 Å². The summed E-state index contributed by atoms with van der Waals surface area (Å²) in [5, 5.41) is 1.28. The molecule has 20 heavy (non-hydrogen) atoms. The van der Waals surface area contributed by atoms with Crippen LogP contribution in [0, 0.1) is 6.92 Å². The van der Waals surface area contributed by atoms with Crippen molar-refractivity contribution in [1.82, 2.24) is 0 Å². The summed E-state index contributed by atoms with van der Waals surface area (Å²) in [5.41, 5.74) is 3.72. The largest absolute Gasteiger partial charge is 0.455 e. The Labute approximate surface area is 125 Å². The van der Waals surface area contributed by atoms with Crippen molar-refractivity contribution in [3.63, 3.8) is 0 Å². The fourth-order valence-electron chi connectivity index (χ4n) is 2.20. The first kappa shape index (κ1) is 13.1. The molecule has 3 rings (SSSR count). The number of fused-ring (bicyclic) bond motifs is 1.